The van der Waals surface area contributed by atoms with Crippen LogP contribution >= 0.6 is 15.9 Å². The number of aromatic carboxylic acids is 2. The Bertz CT molecular complexity index is 757. The topological polar surface area (TPSA) is 93.1 Å². The monoisotopic (exact) mass is 410 g/mol. The maximum atomic E-state index is 10.6. The van der Waals surface area contributed by atoms with E-state index < -0.39 is 11.9 Å². The molecule has 0 aromatic heterocycles. The van der Waals surface area contributed by atoms with Gasteiger partial charge in [-0.2, -0.15) is 0 Å². The Balaban J connectivity index is 0.000000251. The first-order valence-electron chi connectivity index (χ1n) is 7.31. The minimum atomic E-state index is -0.958. The minimum Gasteiger partial charge on any atom is -0.496 e. The van der Waals surface area contributed by atoms with Crippen molar-refractivity contribution >= 4 is 27.9 Å². The van der Waals surface area contributed by atoms with Gasteiger partial charge in [-0.1, -0.05) is 13.0 Å². The summed E-state index contributed by atoms with van der Waals surface area (Å²) >= 11 is 3.22. The van der Waals surface area contributed by atoms with Crippen molar-refractivity contribution in [2.45, 2.75) is 13.3 Å². The predicted octanol–water partition coefficient (Wildman–Crippen LogP) is 4.11. The van der Waals surface area contributed by atoms with Crippen molar-refractivity contribution in [2.75, 3.05) is 14.2 Å². The van der Waals surface area contributed by atoms with Crippen molar-refractivity contribution in [1.82, 2.24) is 0 Å². The quantitative estimate of drug-likeness (QED) is 0.769. The van der Waals surface area contributed by atoms with Gasteiger partial charge in [0.1, 0.15) is 11.5 Å². The highest BCUT2D eigenvalue weighted by Gasteiger charge is 2.07. The van der Waals surface area contributed by atoms with Crippen molar-refractivity contribution in [1.29, 1.82) is 0 Å². The second-order valence-corrected chi connectivity index (χ2v) is 5.69. The molecule has 2 N–H and O–H groups in total. The Hall–Kier alpha value is -2.54. The highest BCUT2D eigenvalue weighted by atomic mass is 79.9. The smallest absolute Gasteiger partial charge is 0.335 e. The zero-order valence-corrected chi connectivity index (χ0v) is 15.7. The average Bonchev–Trinajstić information content (AvgIpc) is 2.61. The second-order valence-electron chi connectivity index (χ2n) is 4.84. The number of rotatable bonds is 5. The molecule has 0 radical (unpaired) electrons. The summed E-state index contributed by atoms with van der Waals surface area (Å²) in [7, 11) is 3.03. The fraction of sp³-hybridized carbons (Fsp3) is 0.222. The Morgan fingerprint density at radius 1 is 0.920 bits per heavy atom. The number of halogens is 1. The van der Waals surface area contributed by atoms with Crippen molar-refractivity contribution in [3.8, 4) is 11.5 Å². The van der Waals surface area contributed by atoms with Crippen LogP contribution in [0.2, 0.25) is 0 Å². The second kappa shape index (κ2) is 9.68. The third-order valence-corrected chi connectivity index (χ3v) is 3.97. The molecule has 0 unspecified atom stereocenters. The molecule has 0 saturated carbocycles. The molecule has 0 saturated heterocycles. The van der Waals surface area contributed by atoms with Gasteiger partial charge in [-0.3, -0.25) is 0 Å². The third kappa shape index (κ3) is 5.79. The van der Waals surface area contributed by atoms with Crippen LogP contribution in [0, 0.1) is 0 Å². The molecule has 0 atom stereocenters. The van der Waals surface area contributed by atoms with E-state index >= 15 is 0 Å². The van der Waals surface area contributed by atoms with E-state index in [2.05, 4.69) is 15.9 Å². The number of benzene rings is 2. The van der Waals surface area contributed by atoms with Gasteiger partial charge in [0, 0.05) is 0 Å². The molecule has 7 heteroatoms. The molecule has 2 aromatic carbocycles. The lowest BCUT2D eigenvalue weighted by atomic mass is 10.1. The molecule has 0 heterocycles. The van der Waals surface area contributed by atoms with Gasteiger partial charge < -0.3 is 19.7 Å². The van der Waals surface area contributed by atoms with Gasteiger partial charge in [0.05, 0.1) is 29.8 Å². The van der Waals surface area contributed by atoms with Gasteiger partial charge in [0.25, 0.3) is 0 Å². The van der Waals surface area contributed by atoms with Crippen LogP contribution < -0.4 is 9.47 Å². The molecule has 2 rings (SSSR count). The number of carboxylic acids is 2. The lowest BCUT2D eigenvalue weighted by Crippen LogP contribution is -1.98. The van der Waals surface area contributed by atoms with Crippen LogP contribution in [0.5, 0.6) is 11.5 Å². The minimum absolute atomic E-state index is 0.218. The summed E-state index contributed by atoms with van der Waals surface area (Å²) in [6.07, 6.45) is 0.836. The Morgan fingerprint density at radius 3 is 1.84 bits per heavy atom. The first-order valence-corrected chi connectivity index (χ1v) is 8.10. The van der Waals surface area contributed by atoms with E-state index in [1.807, 2.05) is 6.92 Å². The fourth-order valence-corrected chi connectivity index (χ4v) is 2.37. The molecule has 0 amide bonds. The molecule has 25 heavy (non-hydrogen) atoms. The Labute approximate surface area is 154 Å². The maximum absolute atomic E-state index is 10.6. The standard InChI is InChI=1S/C10H12O3.C8H7BrO3/c1-3-7-4-5-8(10(11)12)6-9(7)13-2;1-12-7-4-5(8(10)11)2-3-6(7)9/h4-6H,3H2,1-2H3,(H,11,12);2-4H,1H3,(H,10,11). The number of hydrogen-bond acceptors (Lipinski definition) is 4. The first-order chi connectivity index (χ1) is 11.8. The summed E-state index contributed by atoms with van der Waals surface area (Å²) in [6, 6.07) is 9.52. The molecule has 0 bridgehead atoms. The molecule has 0 aliphatic carbocycles. The number of aryl methyl sites for hydroxylation is 1. The molecular weight excluding hydrogens is 392 g/mol. The van der Waals surface area contributed by atoms with Crippen LogP contribution in [-0.2, 0) is 6.42 Å². The van der Waals surface area contributed by atoms with Crippen molar-refractivity contribution in [3.05, 3.63) is 57.6 Å². The molecule has 0 aliphatic heterocycles. The predicted molar refractivity (Wildman–Crippen MR) is 97.0 cm³/mol. The van der Waals surface area contributed by atoms with Crippen LogP contribution in [0.1, 0.15) is 33.2 Å². The van der Waals surface area contributed by atoms with Gasteiger partial charge in [0.2, 0.25) is 0 Å². The molecule has 0 fully saturated rings. The zero-order valence-electron chi connectivity index (χ0n) is 14.1. The number of carboxylic acid groups (broad SMARTS) is 2. The maximum Gasteiger partial charge on any atom is 0.335 e. The van der Waals surface area contributed by atoms with E-state index in [1.54, 1.807) is 31.4 Å². The van der Waals surface area contributed by atoms with Gasteiger partial charge in [-0.25, -0.2) is 9.59 Å². The number of carbonyl (C=O) groups is 2. The summed E-state index contributed by atoms with van der Waals surface area (Å²) in [6.45, 7) is 2.00. The fourth-order valence-electron chi connectivity index (χ4n) is 1.96. The normalized spacial score (nSPS) is 9.60. The van der Waals surface area contributed by atoms with Gasteiger partial charge in [-0.15, -0.1) is 0 Å². The number of methoxy groups -OCH3 is 2. The van der Waals surface area contributed by atoms with E-state index in [4.69, 9.17) is 19.7 Å². The average molecular weight is 411 g/mol. The number of ether oxygens (including phenoxy) is 2. The van der Waals surface area contributed by atoms with E-state index in [9.17, 15) is 9.59 Å². The SMILES string of the molecule is CCc1ccc(C(=O)O)cc1OC.COc1cc(C(=O)O)ccc1Br. The van der Waals surface area contributed by atoms with E-state index in [0.29, 0.717) is 11.5 Å². The highest BCUT2D eigenvalue weighted by molar-refractivity contribution is 9.10. The molecule has 0 aliphatic rings. The summed E-state index contributed by atoms with van der Waals surface area (Å²) in [5.41, 5.74) is 1.50. The van der Waals surface area contributed by atoms with Crippen molar-refractivity contribution in [3.63, 3.8) is 0 Å². The first kappa shape index (κ1) is 20.5. The van der Waals surface area contributed by atoms with Gasteiger partial charge >= 0.3 is 11.9 Å². The van der Waals surface area contributed by atoms with Crippen molar-refractivity contribution in [2.24, 2.45) is 0 Å². The molecule has 0 spiro atoms. The highest BCUT2D eigenvalue weighted by Crippen LogP contribution is 2.25. The summed E-state index contributed by atoms with van der Waals surface area (Å²) in [5, 5.41) is 17.3. The lowest BCUT2D eigenvalue weighted by molar-refractivity contribution is 0.0685. The van der Waals surface area contributed by atoms with Gasteiger partial charge in [0.15, 0.2) is 0 Å². The van der Waals surface area contributed by atoms with Crippen LogP contribution in [0.4, 0.5) is 0 Å². The van der Waals surface area contributed by atoms with E-state index in [-0.39, 0.29) is 11.1 Å². The van der Waals surface area contributed by atoms with Gasteiger partial charge in [-0.05, 0) is 58.2 Å². The van der Waals surface area contributed by atoms with E-state index in [1.165, 1.54) is 19.2 Å². The van der Waals surface area contributed by atoms with Crippen molar-refractivity contribution < 1.29 is 29.3 Å². The van der Waals surface area contributed by atoms with Crippen LogP contribution in [-0.4, -0.2) is 36.4 Å². The molecule has 134 valence electrons. The van der Waals surface area contributed by atoms with Crippen LogP contribution in [0.15, 0.2) is 40.9 Å². The van der Waals surface area contributed by atoms with Crippen LogP contribution in [0.25, 0.3) is 0 Å². The summed E-state index contributed by atoms with van der Waals surface area (Å²) < 4.78 is 10.7. The molecule has 6 nitrogen and oxygen atoms in total. The molecular formula is C18H19BrO6. The summed E-state index contributed by atoms with van der Waals surface area (Å²) in [5.74, 6) is -0.723. The zero-order chi connectivity index (χ0) is 19.0. The lowest BCUT2D eigenvalue weighted by Gasteiger charge is -2.06. The summed E-state index contributed by atoms with van der Waals surface area (Å²) in [4.78, 5) is 21.1. The van der Waals surface area contributed by atoms with Crippen LogP contribution in [0.3, 0.4) is 0 Å². The van der Waals surface area contributed by atoms with E-state index in [0.717, 1.165) is 16.5 Å². The third-order valence-electron chi connectivity index (χ3n) is 3.31. The number of hydrogen-bond donors (Lipinski definition) is 2. The largest absolute Gasteiger partial charge is 0.496 e. The molecule has 2 aromatic rings. The Morgan fingerprint density at radius 2 is 1.40 bits per heavy atom. The Kier molecular flexibility index (Phi) is 7.94.